The van der Waals surface area contributed by atoms with Crippen molar-refractivity contribution in [2.45, 2.75) is 6.54 Å². The summed E-state index contributed by atoms with van der Waals surface area (Å²) < 4.78 is 12.6. The molecule has 0 atom stereocenters. The Morgan fingerprint density at radius 3 is 2.55 bits per heavy atom. The van der Waals surface area contributed by atoms with Gasteiger partial charge in [0, 0.05) is 12.1 Å². The van der Waals surface area contributed by atoms with Crippen LogP contribution in [0.1, 0.15) is 5.56 Å². The lowest BCUT2D eigenvalue weighted by molar-refractivity contribution is 0.385. The lowest BCUT2D eigenvalue weighted by atomic mass is 10.2. The largest absolute Gasteiger partial charge is 0.505 e. The van der Waals surface area contributed by atoms with Gasteiger partial charge in [0.25, 0.3) is 0 Å². The van der Waals surface area contributed by atoms with Crippen LogP contribution in [0.2, 0.25) is 0 Å². The minimum absolute atomic E-state index is 0.0447. The number of phenols is 2. The van der Waals surface area contributed by atoms with Gasteiger partial charge in [-0.15, -0.1) is 0 Å². The molecule has 1 aromatic carbocycles. The van der Waals surface area contributed by atoms with E-state index >= 15 is 0 Å². The number of aromatic hydroxyl groups is 2. The number of rotatable bonds is 1. The fourth-order valence-electron chi connectivity index (χ4n) is 0.759. The van der Waals surface area contributed by atoms with Crippen molar-refractivity contribution in [3.8, 4) is 11.5 Å². The summed E-state index contributed by atoms with van der Waals surface area (Å²) in [5.74, 6) is -2.17. The highest BCUT2D eigenvalue weighted by atomic mass is 19.1. The fourth-order valence-corrected chi connectivity index (χ4v) is 0.759. The van der Waals surface area contributed by atoms with Crippen LogP contribution in [0.15, 0.2) is 12.1 Å². The first kappa shape index (κ1) is 7.81. The first-order valence-corrected chi connectivity index (χ1v) is 3.06. The molecule has 0 fully saturated rings. The Morgan fingerprint density at radius 1 is 1.36 bits per heavy atom. The lowest BCUT2D eigenvalue weighted by Gasteiger charge is -2.02. The van der Waals surface area contributed by atoms with Crippen LogP contribution in [-0.2, 0) is 6.54 Å². The molecule has 0 aliphatic carbocycles. The van der Waals surface area contributed by atoms with Crippen LogP contribution in [0.3, 0.4) is 0 Å². The number of phenolic OH excluding ortho intramolecular Hbond substituents is 2. The Bertz CT molecular complexity index is 275. The van der Waals surface area contributed by atoms with Gasteiger partial charge in [-0.25, -0.2) is 0 Å². The van der Waals surface area contributed by atoms with E-state index in [9.17, 15) is 4.39 Å². The maximum Gasteiger partial charge on any atom is 0.206 e. The molecule has 60 valence electrons. The number of hydrogen-bond acceptors (Lipinski definition) is 3. The predicted molar refractivity (Wildman–Crippen MR) is 37.6 cm³/mol. The molecule has 1 aromatic rings. The van der Waals surface area contributed by atoms with Crippen LogP contribution in [0, 0.1) is 5.82 Å². The van der Waals surface area contributed by atoms with Crippen LogP contribution < -0.4 is 5.73 Å². The molecule has 0 unspecified atom stereocenters. The van der Waals surface area contributed by atoms with Crippen molar-refractivity contribution in [3.63, 3.8) is 0 Å². The summed E-state index contributed by atoms with van der Waals surface area (Å²) >= 11 is 0. The van der Waals surface area contributed by atoms with Gasteiger partial charge in [-0.3, -0.25) is 0 Å². The molecule has 0 aliphatic heterocycles. The van der Waals surface area contributed by atoms with E-state index in [1.165, 1.54) is 6.07 Å². The second-order valence-electron chi connectivity index (χ2n) is 2.11. The molecule has 0 amide bonds. The highest BCUT2D eigenvalue weighted by molar-refractivity contribution is 5.40. The zero-order valence-electron chi connectivity index (χ0n) is 5.71. The van der Waals surface area contributed by atoms with Gasteiger partial charge in [-0.05, 0) is 6.07 Å². The van der Waals surface area contributed by atoms with Gasteiger partial charge >= 0.3 is 0 Å². The molecule has 11 heavy (non-hydrogen) atoms. The van der Waals surface area contributed by atoms with Crippen LogP contribution >= 0.6 is 0 Å². The topological polar surface area (TPSA) is 66.5 Å². The molecule has 0 heterocycles. The summed E-state index contributed by atoms with van der Waals surface area (Å²) in [4.78, 5) is 0. The minimum atomic E-state index is -1.02. The van der Waals surface area contributed by atoms with Gasteiger partial charge in [0.1, 0.15) is 0 Å². The highest BCUT2D eigenvalue weighted by Gasteiger charge is 2.09. The molecule has 0 aromatic heterocycles. The van der Waals surface area contributed by atoms with Gasteiger partial charge in [0.2, 0.25) is 5.82 Å². The van der Waals surface area contributed by atoms with Crippen molar-refractivity contribution in [3.05, 3.63) is 23.5 Å². The van der Waals surface area contributed by atoms with E-state index < -0.39 is 17.3 Å². The zero-order chi connectivity index (χ0) is 8.43. The molecule has 3 nitrogen and oxygen atoms in total. The minimum Gasteiger partial charge on any atom is -0.505 e. The Kier molecular flexibility index (Phi) is 1.96. The fraction of sp³-hybridized carbons (Fsp3) is 0.143. The normalized spacial score (nSPS) is 10.0. The molecule has 0 saturated carbocycles. The third-order valence-electron chi connectivity index (χ3n) is 1.40. The van der Waals surface area contributed by atoms with E-state index in [0.717, 1.165) is 6.07 Å². The van der Waals surface area contributed by atoms with Gasteiger partial charge in [-0.2, -0.15) is 4.39 Å². The molecule has 4 N–H and O–H groups in total. The van der Waals surface area contributed by atoms with E-state index in [0.29, 0.717) is 0 Å². The average molecular weight is 157 g/mol. The Labute approximate surface area is 62.9 Å². The molecule has 0 radical (unpaired) electrons. The maximum absolute atomic E-state index is 12.6. The first-order valence-electron chi connectivity index (χ1n) is 3.06. The van der Waals surface area contributed by atoms with Gasteiger partial charge in [0.05, 0.1) is 0 Å². The highest BCUT2D eigenvalue weighted by Crippen LogP contribution is 2.27. The molecule has 0 spiro atoms. The summed E-state index contributed by atoms with van der Waals surface area (Å²) in [5, 5.41) is 17.7. The number of benzene rings is 1. The molecular weight excluding hydrogens is 149 g/mol. The van der Waals surface area contributed by atoms with Gasteiger partial charge < -0.3 is 15.9 Å². The second-order valence-corrected chi connectivity index (χ2v) is 2.11. The molecule has 0 bridgehead atoms. The zero-order valence-corrected chi connectivity index (χ0v) is 5.71. The quantitative estimate of drug-likeness (QED) is 0.562. The molecule has 0 saturated heterocycles. The molecule has 0 aliphatic rings. The summed E-state index contributed by atoms with van der Waals surface area (Å²) in [6.45, 7) is 0.0447. The smallest absolute Gasteiger partial charge is 0.206 e. The monoisotopic (exact) mass is 157 g/mol. The van der Waals surface area contributed by atoms with E-state index in [1.54, 1.807) is 0 Å². The Balaban J connectivity index is 3.25. The second kappa shape index (κ2) is 2.75. The van der Waals surface area contributed by atoms with Crippen molar-refractivity contribution in [2.24, 2.45) is 5.73 Å². The van der Waals surface area contributed by atoms with Crippen LogP contribution in [-0.4, -0.2) is 10.2 Å². The van der Waals surface area contributed by atoms with Crippen molar-refractivity contribution in [1.82, 2.24) is 0 Å². The van der Waals surface area contributed by atoms with Crippen molar-refractivity contribution in [1.29, 1.82) is 0 Å². The summed E-state index contributed by atoms with van der Waals surface area (Å²) in [6, 6.07) is 2.52. The van der Waals surface area contributed by atoms with Crippen LogP contribution in [0.5, 0.6) is 11.5 Å². The molecular formula is C7H8FNO2. The third-order valence-corrected chi connectivity index (χ3v) is 1.40. The SMILES string of the molecule is NCc1ccc(O)c(F)c1O. The van der Waals surface area contributed by atoms with E-state index in [2.05, 4.69) is 0 Å². The molecule has 4 heteroatoms. The summed E-state index contributed by atoms with van der Waals surface area (Å²) in [6.07, 6.45) is 0. The van der Waals surface area contributed by atoms with Crippen LogP contribution in [0.25, 0.3) is 0 Å². The summed E-state index contributed by atoms with van der Waals surface area (Å²) in [5.41, 5.74) is 5.44. The first-order chi connectivity index (χ1) is 5.16. The van der Waals surface area contributed by atoms with Gasteiger partial charge in [-0.1, -0.05) is 6.07 Å². The average Bonchev–Trinajstić information content (AvgIpc) is 2.01. The maximum atomic E-state index is 12.6. The number of hydrogen-bond donors (Lipinski definition) is 3. The third kappa shape index (κ3) is 1.25. The lowest BCUT2D eigenvalue weighted by Crippen LogP contribution is -1.97. The van der Waals surface area contributed by atoms with Crippen molar-refractivity contribution < 1.29 is 14.6 Å². The standard InChI is InChI=1S/C7H8FNO2/c8-6-5(10)2-1-4(3-9)7(6)11/h1-2,10-11H,3,9H2. The number of halogens is 1. The predicted octanol–water partition coefficient (Wildman–Crippen LogP) is 0.696. The Hall–Kier alpha value is -1.29. The Morgan fingerprint density at radius 2 is 2.00 bits per heavy atom. The summed E-state index contributed by atoms with van der Waals surface area (Å²) in [7, 11) is 0. The van der Waals surface area contributed by atoms with E-state index in [1.807, 2.05) is 0 Å². The van der Waals surface area contributed by atoms with E-state index in [-0.39, 0.29) is 12.1 Å². The van der Waals surface area contributed by atoms with Crippen molar-refractivity contribution in [2.75, 3.05) is 0 Å². The molecule has 1 rings (SSSR count). The van der Waals surface area contributed by atoms with Gasteiger partial charge in [0.15, 0.2) is 11.5 Å². The van der Waals surface area contributed by atoms with Crippen molar-refractivity contribution >= 4 is 0 Å². The van der Waals surface area contributed by atoms with E-state index in [4.69, 9.17) is 15.9 Å². The van der Waals surface area contributed by atoms with Crippen LogP contribution in [0.4, 0.5) is 4.39 Å². The number of nitrogens with two attached hydrogens (primary N) is 1.